The third kappa shape index (κ3) is 1.57. The fraction of sp³-hybridized carbons (Fsp3) is 0.500. The summed E-state index contributed by atoms with van der Waals surface area (Å²) < 4.78 is 5.27. The SMILES string of the molecule is Cc1cc(C)c(C2(NN)COC2)cc1C. The first-order chi connectivity index (χ1) is 7.09. The Bertz CT molecular complexity index is 378. The number of benzene rings is 1. The van der Waals surface area contributed by atoms with Crippen LogP contribution in [-0.4, -0.2) is 13.2 Å². The number of hydrogen-bond acceptors (Lipinski definition) is 3. The van der Waals surface area contributed by atoms with Crippen LogP contribution in [0.2, 0.25) is 0 Å². The molecule has 0 aromatic heterocycles. The monoisotopic (exact) mass is 206 g/mol. The summed E-state index contributed by atoms with van der Waals surface area (Å²) in [6.07, 6.45) is 0. The molecular formula is C12H18N2O. The number of aryl methyl sites for hydroxylation is 3. The minimum absolute atomic E-state index is 0.164. The molecule has 1 aliphatic rings. The summed E-state index contributed by atoms with van der Waals surface area (Å²) >= 11 is 0. The van der Waals surface area contributed by atoms with Gasteiger partial charge in [-0.25, -0.2) is 5.43 Å². The molecule has 15 heavy (non-hydrogen) atoms. The van der Waals surface area contributed by atoms with Crippen LogP contribution in [-0.2, 0) is 10.3 Å². The second kappa shape index (κ2) is 3.59. The van der Waals surface area contributed by atoms with E-state index in [1.165, 1.54) is 22.3 Å². The summed E-state index contributed by atoms with van der Waals surface area (Å²) in [5.74, 6) is 5.63. The van der Waals surface area contributed by atoms with Crippen LogP contribution < -0.4 is 11.3 Å². The average molecular weight is 206 g/mol. The predicted molar refractivity (Wildman–Crippen MR) is 60.5 cm³/mol. The lowest BCUT2D eigenvalue weighted by Gasteiger charge is -2.42. The number of ether oxygens (including phenoxy) is 1. The van der Waals surface area contributed by atoms with Crippen molar-refractivity contribution in [2.45, 2.75) is 26.3 Å². The van der Waals surface area contributed by atoms with Crippen LogP contribution >= 0.6 is 0 Å². The van der Waals surface area contributed by atoms with Crippen molar-refractivity contribution in [3.63, 3.8) is 0 Å². The van der Waals surface area contributed by atoms with Gasteiger partial charge in [-0.1, -0.05) is 12.1 Å². The Labute approximate surface area is 90.6 Å². The molecular weight excluding hydrogens is 188 g/mol. The third-order valence-electron chi connectivity index (χ3n) is 3.33. The maximum absolute atomic E-state index is 5.63. The summed E-state index contributed by atoms with van der Waals surface area (Å²) in [6, 6.07) is 4.43. The van der Waals surface area contributed by atoms with Crippen molar-refractivity contribution in [1.82, 2.24) is 5.43 Å². The predicted octanol–water partition coefficient (Wildman–Crippen LogP) is 1.30. The van der Waals surface area contributed by atoms with Crippen LogP contribution in [0.5, 0.6) is 0 Å². The van der Waals surface area contributed by atoms with E-state index in [0.717, 1.165) is 0 Å². The van der Waals surface area contributed by atoms with Crippen molar-refractivity contribution in [3.05, 3.63) is 34.4 Å². The zero-order chi connectivity index (χ0) is 11.1. The van der Waals surface area contributed by atoms with Gasteiger partial charge in [-0.05, 0) is 43.0 Å². The topological polar surface area (TPSA) is 47.3 Å². The van der Waals surface area contributed by atoms with Crippen molar-refractivity contribution < 1.29 is 4.74 Å². The molecule has 82 valence electrons. The van der Waals surface area contributed by atoms with Crippen LogP contribution in [0.25, 0.3) is 0 Å². The average Bonchev–Trinajstić information content (AvgIpc) is 2.12. The summed E-state index contributed by atoms with van der Waals surface area (Å²) in [5.41, 5.74) is 7.90. The third-order valence-corrected chi connectivity index (χ3v) is 3.33. The van der Waals surface area contributed by atoms with Gasteiger partial charge in [-0.3, -0.25) is 5.84 Å². The fourth-order valence-electron chi connectivity index (χ4n) is 2.10. The number of nitrogens with one attached hydrogen (secondary N) is 1. The van der Waals surface area contributed by atoms with Crippen LogP contribution in [0.15, 0.2) is 12.1 Å². The van der Waals surface area contributed by atoms with Crippen molar-refractivity contribution in [1.29, 1.82) is 0 Å². The standard InChI is InChI=1S/C12H18N2O/c1-8-4-10(3)11(5-9(8)2)12(14-13)6-15-7-12/h4-5,14H,6-7,13H2,1-3H3. The van der Waals surface area contributed by atoms with E-state index in [2.05, 4.69) is 38.3 Å². The van der Waals surface area contributed by atoms with E-state index < -0.39 is 0 Å². The minimum atomic E-state index is -0.164. The molecule has 1 aromatic carbocycles. The molecule has 1 aromatic rings. The first-order valence-electron chi connectivity index (χ1n) is 5.23. The molecule has 1 saturated heterocycles. The van der Waals surface area contributed by atoms with E-state index in [1.54, 1.807) is 0 Å². The molecule has 0 bridgehead atoms. The van der Waals surface area contributed by atoms with Gasteiger partial charge >= 0.3 is 0 Å². The van der Waals surface area contributed by atoms with E-state index in [0.29, 0.717) is 13.2 Å². The Morgan fingerprint density at radius 1 is 1.13 bits per heavy atom. The number of hydrazine groups is 1. The zero-order valence-corrected chi connectivity index (χ0v) is 9.55. The molecule has 3 nitrogen and oxygen atoms in total. The lowest BCUT2D eigenvalue weighted by Crippen LogP contribution is -2.60. The Balaban J connectivity index is 2.47. The molecule has 0 atom stereocenters. The Morgan fingerprint density at radius 2 is 1.73 bits per heavy atom. The Hall–Kier alpha value is -0.900. The molecule has 2 rings (SSSR count). The quantitative estimate of drug-likeness (QED) is 0.566. The van der Waals surface area contributed by atoms with Crippen molar-refractivity contribution in [2.75, 3.05) is 13.2 Å². The van der Waals surface area contributed by atoms with Crippen molar-refractivity contribution >= 4 is 0 Å². The summed E-state index contributed by atoms with van der Waals surface area (Å²) in [5, 5.41) is 0. The maximum atomic E-state index is 5.63. The number of nitrogens with two attached hydrogens (primary N) is 1. The molecule has 0 unspecified atom stereocenters. The molecule has 0 aliphatic carbocycles. The Morgan fingerprint density at radius 3 is 2.20 bits per heavy atom. The first kappa shape index (κ1) is 10.6. The highest BCUT2D eigenvalue weighted by atomic mass is 16.5. The molecule has 0 radical (unpaired) electrons. The fourth-order valence-corrected chi connectivity index (χ4v) is 2.10. The van der Waals surface area contributed by atoms with Gasteiger partial charge in [0.1, 0.15) is 5.54 Å². The molecule has 1 aliphatic heterocycles. The van der Waals surface area contributed by atoms with Crippen LogP contribution in [0.1, 0.15) is 22.3 Å². The molecule has 0 amide bonds. The van der Waals surface area contributed by atoms with Gasteiger partial charge in [-0.2, -0.15) is 0 Å². The molecule has 0 spiro atoms. The Kier molecular flexibility index (Phi) is 2.54. The highest BCUT2D eigenvalue weighted by molar-refractivity contribution is 5.41. The molecule has 3 N–H and O–H groups in total. The number of rotatable bonds is 2. The van der Waals surface area contributed by atoms with Crippen LogP contribution in [0.4, 0.5) is 0 Å². The van der Waals surface area contributed by atoms with E-state index in [1.807, 2.05) is 0 Å². The van der Waals surface area contributed by atoms with Gasteiger partial charge < -0.3 is 4.74 Å². The largest absolute Gasteiger partial charge is 0.377 e. The number of hydrogen-bond donors (Lipinski definition) is 2. The molecule has 0 saturated carbocycles. The maximum Gasteiger partial charge on any atom is 0.104 e. The lowest BCUT2D eigenvalue weighted by molar-refractivity contribution is -0.0790. The van der Waals surface area contributed by atoms with Gasteiger partial charge in [0, 0.05) is 0 Å². The van der Waals surface area contributed by atoms with Gasteiger partial charge in [0.15, 0.2) is 0 Å². The molecule has 1 fully saturated rings. The van der Waals surface area contributed by atoms with Crippen LogP contribution in [0.3, 0.4) is 0 Å². The van der Waals surface area contributed by atoms with Gasteiger partial charge in [0.25, 0.3) is 0 Å². The van der Waals surface area contributed by atoms with Gasteiger partial charge in [0.2, 0.25) is 0 Å². The van der Waals surface area contributed by atoms with Crippen molar-refractivity contribution in [3.8, 4) is 0 Å². The molecule has 1 heterocycles. The summed E-state index contributed by atoms with van der Waals surface area (Å²) in [6.45, 7) is 7.70. The normalized spacial score (nSPS) is 18.7. The smallest absolute Gasteiger partial charge is 0.104 e. The highest BCUT2D eigenvalue weighted by Crippen LogP contribution is 2.32. The summed E-state index contributed by atoms with van der Waals surface area (Å²) in [4.78, 5) is 0. The van der Waals surface area contributed by atoms with E-state index in [4.69, 9.17) is 10.6 Å². The van der Waals surface area contributed by atoms with E-state index in [-0.39, 0.29) is 5.54 Å². The minimum Gasteiger partial charge on any atom is -0.377 e. The second-order valence-corrected chi connectivity index (χ2v) is 4.47. The van der Waals surface area contributed by atoms with Gasteiger partial charge in [0.05, 0.1) is 13.2 Å². The van der Waals surface area contributed by atoms with Crippen molar-refractivity contribution in [2.24, 2.45) is 5.84 Å². The first-order valence-corrected chi connectivity index (χ1v) is 5.23. The van der Waals surface area contributed by atoms with Crippen LogP contribution in [0, 0.1) is 20.8 Å². The van der Waals surface area contributed by atoms with E-state index in [9.17, 15) is 0 Å². The second-order valence-electron chi connectivity index (χ2n) is 4.47. The summed E-state index contributed by atoms with van der Waals surface area (Å²) in [7, 11) is 0. The lowest BCUT2D eigenvalue weighted by atomic mass is 9.84. The molecule has 3 heteroatoms. The van der Waals surface area contributed by atoms with E-state index >= 15 is 0 Å². The van der Waals surface area contributed by atoms with Gasteiger partial charge in [-0.15, -0.1) is 0 Å². The zero-order valence-electron chi connectivity index (χ0n) is 9.55. The highest BCUT2D eigenvalue weighted by Gasteiger charge is 2.40.